The number of hydrogen-bond acceptors (Lipinski definition) is 4. The van der Waals surface area contributed by atoms with Crippen LogP contribution in [-0.4, -0.2) is 50.3 Å². The van der Waals surface area contributed by atoms with Gasteiger partial charge in [0.2, 0.25) is 0 Å². The molecule has 17 heavy (non-hydrogen) atoms. The summed E-state index contributed by atoms with van der Waals surface area (Å²) in [4.78, 5) is 6.43. The Hall–Kier alpha value is -0.970. The van der Waals surface area contributed by atoms with Gasteiger partial charge in [-0.05, 0) is 25.1 Å². The Morgan fingerprint density at radius 3 is 2.88 bits per heavy atom. The highest BCUT2D eigenvalue weighted by molar-refractivity contribution is 5.16. The summed E-state index contributed by atoms with van der Waals surface area (Å²) in [6, 6.07) is 2.16. The van der Waals surface area contributed by atoms with Crippen LogP contribution in [0.25, 0.3) is 0 Å². The standard InChI is InChI=1S/C13H23N3O/c1-12-8-13(11-15-9-12)10-14-4-5-16(2)6-7-17-3/h8-9,11,14H,4-7,10H2,1-3H3. The number of likely N-dealkylation sites (N-methyl/N-ethyl adjacent to an activating group) is 1. The number of hydrogen-bond donors (Lipinski definition) is 1. The van der Waals surface area contributed by atoms with Gasteiger partial charge in [0.05, 0.1) is 6.61 Å². The maximum absolute atomic E-state index is 5.03. The quantitative estimate of drug-likeness (QED) is 0.686. The molecule has 0 unspecified atom stereocenters. The van der Waals surface area contributed by atoms with Crippen LogP contribution >= 0.6 is 0 Å². The van der Waals surface area contributed by atoms with Gasteiger partial charge in [-0.3, -0.25) is 4.98 Å². The van der Waals surface area contributed by atoms with Gasteiger partial charge in [-0.2, -0.15) is 0 Å². The predicted octanol–water partition coefficient (Wildman–Crippen LogP) is 1.06. The number of methoxy groups -OCH3 is 1. The van der Waals surface area contributed by atoms with Crippen molar-refractivity contribution in [2.75, 3.05) is 40.4 Å². The van der Waals surface area contributed by atoms with E-state index in [2.05, 4.69) is 35.2 Å². The lowest BCUT2D eigenvalue weighted by atomic mass is 10.2. The number of nitrogens with one attached hydrogen (secondary N) is 1. The second-order valence-electron chi connectivity index (χ2n) is 4.34. The Morgan fingerprint density at radius 1 is 1.35 bits per heavy atom. The highest BCUT2D eigenvalue weighted by atomic mass is 16.5. The summed E-state index contributed by atoms with van der Waals surface area (Å²) in [6.45, 7) is 6.72. The third-order valence-electron chi connectivity index (χ3n) is 2.61. The molecule has 0 aliphatic carbocycles. The average Bonchev–Trinajstić information content (AvgIpc) is 2.32. The van der Waals surface area contributed by atoms with Crippen LogP contribution in [0.4, 0.5) is 0 Å². The lowest BCUT2D eigenvalue weighted by Gasteiger charge is -2.16. The first-order valence-corrected chi connectivity index (χ1v) is 6.01. The van der Waals surface area contributed by atoms with Crippen LogP contribution in [0.1, 0.15) is 11.1 Å². The Labute approximate surface area is 104 Å². The van der Waals surface area contributed by atoms with Crippen molar-refractivity contribution in [3.05, 3.63) is 29.6 Å². The fourth-order valence-electron chi connectivity index (χ4n) is 1.58. The number of aryl methyl sites for hydroxylation is 1. The van der Waals surface area contributed by atoms with E-state index in [-0.39, 0.29) is 0 Å². The second kappa shape index (κ2) is 8.17. The molecule has 1 N–H and O–H groups in total. The van der Waals surface area contributed by atoms with Crippen LogP contribution in [-0.2, 0) is 11.3 Å². The van der Waals surface area contributed by atoms with Crippen LogP contribution < -0.4 is 5.32 Å². The van der Waals surface area contributed by atoms with Crippen molar-refractivity contribution >= 4 is 0 Å². The van der Waals surface area contributed by atoms with Crippen molar-refractivity contribution in [3.63, 3.8) is 0 Å². The lowest BCUT2D eigenvalue weighted by Crippen LogP contribution is -2.31. The van der Waals surface area contributed by atoms with Crippen molar-refractivity contribution in [2.24, 2.45) is 0 Å². The summed E-state index contributed by atoms with van der Waals surface area (Å²) < 4.78 is 5.03. The molecule has 0 atom stereocenters. The molecule has 0 aliphatic heterocycles. The van der Waals surface area contributed by atoms with Crippen molar-refractivity contribution in [1.82, 2.24) is 15.2 Å². The fourth-order valence-corrected chi connectivity index (χ4v) is 1.58. The first-order valence-electron chi connectivity index (χ1n) is 6.01. The van der Waals surface area contributed by atoms with E-state index in [0.717, 1.165) is 32.8 Å². The molecule has 1 aromatic heterocycles. The number of pyridine rings is 1. The molecular formula is C13H23N3O. The topological polar surface area (TPSA) is 37.4 Å². The average molecular weight is 237 g/mol. The molecule has 0 saturated carbocycles. The molecule has 0 fully saturated rings. The molecule has 0 radical (unpaired) electrons. The number of aromatic nitrogens is 1. The molecule has 0 aromatic carbocycles. The first-order chi connectivity index (χ1) is 8.22. The molecule has 1 aromatic rings. The zero-order valence-corrected chi connectivity index (χ0v) is 11.1. The summed E-state index contributed by atoms with van der Waals surface area (Å²) in [7, 11) is 3.84. The van der Waals surface area contributed by atoms with E-state index >= 15 is 0 Å². The summed E-state index contributed by atoms with van der Waals surface area (Å²) in [5.41, 5.74) is 2.45. The van der Waals surface area contributed by atoms with E-state index in [1.807, 2.05) is 12.4 Å². The van der Waals surface area contributed by atoms with Gasteiger partial charge in [0.1, 0.15) is 0 Å². The monoisotopic (exact) mass is 237 g/mol. The summed E-state index contributed by atoms with van der Waals surface area (Å²) in [6.07, 6.45) is 3.79. The van der Waals surface area contributed by atoms with E-state index in [1.165, 1.54) is 11.1 Å². The Bertz CT molecular complexity index is 317. The molecular weight excluding hydrogens is 214 g/mol. The van der Waals surface area contributed by atoms with Crippen LogP contribution in [0.15, 0.2) is 18.5 Å². The van der Waals surface area contributed by atoms with Gasteiger partial charge < -0.3 is 15.0 Å². The van der Waals surface area contributed by atoms with E-state index in [0.29, 0.717) is 0 Å². The third kappa shape index (κ3) is 6.36. The largest absolute Gasteiger partial charge is 0.383 e. The molecule has 1 rings (SSSR count). The summed E-state index contributed by atoms with van der Waals surface area (Å²) >= 11 is 0. The van der Waals surface area contributed by atoms with E-state index in [4.69, 9.17) is 4.74 Å². The molecule has 0 aliphatic rings. The van der Waals surface area contributed by atoms with Crippen LogP contribution in [0.5, 0.6) is 0 Å². The van der Waals surface area contributed by atoms with E-state index < -0.39 is 0 Å². The smallest absolute Gasteiger partial charge is 0.0589 e. The highest BCUT2D eigenvalue weighted by Crippen LogP contribution is 2.00. The van der Waals surface area contributed by atoms with Crippen molar-refractivity contribution in [3.8, 4) is 0 Å². The van der Waals surface area contributed by atoms with Gasteiger partial charge in [-0.15, -0.1) is 0 Å². The second-order valence-corrected chi connectivity index (χ2v) is 4.34. The minimum absolute atomic E-state index is 0.790. The molecule has 0 amide bonds. The van der Waals surface area contributed by atoms with Crippen molar-refractivity contribution in [2.45, 2.75) is 13.5 Å². The maximum atomic E-state index is 5.03. The predicted molar refractivity (Wildman–Crippen MR) is 70.1 cm³/mol. The minimum atomic E-state index is 0.790. The molecule has 0 saturated heterocycles. The molecule has 96 valence electrons. The Morgan fingerprint density at radius 2 is 2.18 bits per heavy atom. The molecule has 0 spiro atoms. The number of ether oxygens (including phenoxy) is 1. The van der Waals surface area contributed by atoms with Gasteiger partial charge >= 0.3 is 0 Å². The minimum Gasteiger partial charge on any atom is -0.383 e. The van der Waals surface area contributed by atoms with Gasteiger partial charge in [0.25, 0.3) is 0 Å². The van der Waals surface area contributed by atoms with Gasteiger partial charge in [-0.1, -0.05) is 6.07 Å². The summed E-state index contributed by atoms with van der Waals surface area (Å²) in [5.74, 6) is 0. The van der Waals surface area contributed by atoms with Crippen molar-refractivity contribution < 1.29 is 4.74 Å². The SMILES string of the molecule is COCCN(C)CCNCc1cncc(C)c1. The third-order valence-corrected chi connectivity index (χ3v) is 2.61. The fraction of sp³-hybridized carbons (Fsp3) is 0.615. The van der Waals surface area contributed by atoms with Gasteiger partial charge in [0.15, 0.2) is 0 Å². The highest BCUT2D eigenvalue weighted by Gasteiger charge is 1.98. The van der Waals surface area contributed by atoms with E-state index in [1.54, 1.807) is 7.11 Å². The zero-order valence-electron chi connectivity index (χ0n) is 11.1. The Balaban J connectivity index is 2.11. The number of nitrogens with zero attached hydrogens (tertiary/aromatic N) is 2. The van der Waals surface area contributed by atoms with Crippen LogP contribution in [0.3, 0.4) is 0 Å². The van der Waals surface area contributed by atoms with Crippen molar-refractivity contribution in [1.29, 1.82) is 0 Å². The van der Waals surface area contributed by atoms with E-state index in [9.17, 15) is 0 Å². The lowest BCUT2D eigenvalue weighted by molar-refractivity contribution is 0.161. The molecule has 4 nitrogen and oxygen atoms in total. The van der Waals surface area contributed by atoms with Gasteiger partial charge in [0, 0.05) is 45.7 Å². The maximum Gasteiger partial charge on any atom is 0.0589 e. The molecule has 1 heterocycles. The van der Waals surface area contributed by atoms with Crippen LogP contribution in [0, 0.1) is 6.92 Å². The molecule has 0 bridgehead atoms. The van der Waals surface area contributed by atoms with Gasteiger partial charge in [-0.25, -0.2) is 0 Å². The normalized spacial score (nSPS) is 11.1. The summed E-state index contributed by atoms with van der Waals surface area (Å²) in [5, 5.41) is 3.41. The molecule has 4 heteroatoms. The Kier molecular flexibility index (Phi) is 6.77. The zero-order chi connectivity index (χ0) is 12.5. The van der Waals surface area contributed by atoms with Crippen LogP contribution in [0.2, 0.25) is 0 Å². The number of rotatable bonds is 8. The first kappa shape index (κ1) is 14.1.